The van der Waals surface area contributed by atoms with Gasteiger partial charge in [0.25, 0.3) is 11.6 Å². The Kier molecular flexibility index (Phi) is 4.38. The summed E-state index contributed by atoms with van der Waals surface area (Å²) in [6.07, 6.45) is -0.0600. The second-order valence-electron chi connectivity index (χ2n) is 5.91. The van der Waals surface area contributed by atoms with Gasteiger partial charge in [-0.1, -0.05) is 4.68 Å². The average Bonchev–Trinajstić information content (AvgIpc) is 3.08. The second kappa shape index (κ2) is 6.52. The monoisotopic (exact) mass is 361 g/mol. The number of hydrogen-bond donors (Lipinski definition) is 0. The molecule has 1 aromatic heterocycles. The molecule has 136 valence electrons. The lowest BCUT2D eigenvalue weighted by Crippen LogP contribution is -2.43. The number of nitro groups is 1. The van der Waals surface area contributed by atoms with Crippen molar-refractivity contribution in [2.45, 2.75) is 19.0 Å². The maximum atomic E-state index is 12.7. The summed E-state index contributed by atoms with van der Waals surface area (Å²) < 4.78 is 5.81. The number of aryl methyl sites for hydroxylation is 1. The van der Waals surface area contributed by atoms with Crippen molar-refractivity contribution >= 4 is 23.2 Å². The molecule has 2 aromatic rings. The SMILES string of the molecule is CN(Cc1c([O-])on[n+]1C)C1CC(=O)N(c2ccc([N+](=O)[O-])cc2)C1=O. The summed E-state index contributed by atoms with van der Waals surface area (Å²) in [7, 11) is 3.15. The molecule has 1 unspecified atom stereocenters. The molecule has 3 rings (SSSR count). The van der Waals surface area contributed by atoms with Gasteiger partial charge in [-0.25, -0.2) is 4.90 Å². The van der Waals surface area contributed by atoms with Gasteiger partial charge in [0.2, 0.25) is 11.6 Å². The van der Waals surface area contributed by atoms with Gasteiger partial charge >= 0.3 is 0 Å². The quantitative estimate of drug-likeness (QED) is 0.293. The Morgan fingerprint density at radius 1 is 1.38 bits per heavy atom. The van der Waals surface area contributed by atoms with E-state index in [4.69, 9.17) is 0 Å². The zero-order valence-electron chi connectivity index (χ0n) is 14.0. The minimum atomic E-state index is -0.757. The van der Waals surface area contributed by atoms with Gasteiger partial charge in [-0.2, -0.15) is 0 Å². The summed E-state index contributed by atoms with van der Waals surface area (Å²) >= 11 is 0. The molecule has 1 aliphatic heterocycles. The van der Waals surface area contributed by atoms with Crippen LogP contribution in [0.4, 0.5) is 11.4 Å². The number of likely N-dealkylation sites (N-methyl/N-ethyl adjacent to an activating group) is 1. The first kappa shape index (κ1) is 17.5. The largest absolute Gasteiger partial charge is 0.539 e. The predicted molar refractivity (Wildman–Crippen MR) is 82.6 cm³/mol. The lowest BCUT2D eigenvalue weighted by atomic mass is 10.2. The van der Waals surface area contributed by atoms with E-state index < -0.39 is 28.7 Å². The fourth-order valence-corrected chi connectivity index (χ4v) is 2.80. The smallest absolute Gasteiger partial charge is 0.269 e. The van der Waals surface area contributed by atoms with Crippen LogP contribution in [0.5, 0.6) is 5.95 Å². The maximum Gasteiger partial charge on any atom is 0.269 e. The Morgan fingerprint density at radius 2 is 2.04 bits per heavy atom. The maximum absolute atomic E-state index is 12.7. The topological polar surface area (TPSA) is 137 Å². The van der Waals surface area contributed by atoms with E-state index in [0.29, 0.717) is 0 Å². The van der Waals surface area contributed by atoms with E-state index in [-0.39, 0.29) is 30.0 Å². The van der Waals surface area contributed by atoms with Crippen molar-refractivity contribution in [1.29, 1.82) is 0 Å². The second-order valence-corrected chi connectivity index (χ2v) is 5.91. The van der Waals surface area contributed by atoms with Crippen LogP contribution >= 0.6 is 0 Å². The average molecular weight is 361 g/mol. The van der Waals surface area contributed by atoms with Crippen LogP contribution in [0.3, 0.4) is 0 Å². The molecule has 1 aliphatic rings. The highest BCUT2D eigenvalue weighted by Crippen LogP contribution is 2.27. The first-order valence-electron chi connectivity index (χ1n) is 7.63. The number of amides is 2. The fourth-order valence-electron chi connectivity index (χ4n) is 2.80. The summed E-state index contributed by atoms with van der Waals surface area (Å²) in [4.78, 5) is 37.7. The summed E-state index contributed by atoms with van der Waals surface area (Å²) in [5, 5.41) is 25.8. The molecule has 2 amide bonds. The molecule has 1 aromatic carbocycles. The third-order valence-corrected chi connectivity index (χ3v) is 4.25. The number of carbonyl (C=O) groups is 2. The number of nitrogens with zero attached hydrogens (tertiary/aromatic N) is 5. The summed E-state index contributed by atoms with van der Waals surface area (Å²) in [6, 6.07) is 4.41. The Labute approximate surface area is 147 Å². The van der Waals surface area contributed by atoms with Gasteiger partial charge in [-0.3, -0.25) is 24.6 Å². The van der Waals surface area contributed by atoms with Gasteiger partial charge in [0, 0.05) is 12.1 Å². The molecule has 0 radical (unpaired) electrons. The lowest BCUT2D eigenvalue weighted by molar-refractivity contribution is -0.747. The molecule has 1 saturated heterocycles. The first-order valence-corrected chi connectivity index (χ1v) is 7.63. The zero-order valence-corrected chi connectivity index (χ0v) is 14.0. The molecule has 11 nitrogen and oxygen atoms in total. The number of anilines is 1. The normalized spacial score (nSPS) is 17.3. The van der Waals surface area contributed by atoms with Crippen LogP contribution in [-0.2, 0) is 23.2 Å². The number of non-ortho nitro benzene ring substituents is 1. The highest BCUT2D eigenvalue weighted by molar-refractivity contribution is 6.22. The molecular formula is C15H15N5O6. The van der Waals surface area contributed by atoms with E-state index in [0.717, 1.165) is 4.90 Å². The number of aromatic nitrogens is 2. The lowest BCUT2D eigenvalue weighted by Gasteiger charge is -2.21. The minimum Gasteiger partial charge on any atom is -0.539 e. The number of hydrogen-bond acceptors (Lipinski definition) is 8. The highest BCUT2D eigenvalue weighted by Gasteiger charge is 2.42. The Morgan fingerprint density at radius 3 is 2.58 bits per heavy atom. The van der Waals surface area contributed by atoms with Crippen molar-refractivity contribution in [3.05, 3.63) is 40.1 Å². The molecule has 0 saturated carbocycles. The van der Waals surface area contributed by atoms with E-state index in [1.807, 2.05) is 0 Å². The van der Waals surface area contributed by atoms with Crippen molar-refractivity contribution < 1.29 is 28.8 Å². The van der Waals surface area contributed by atoms with Gasteiger partial charge in [-0.05, 0) is 19.2 Å². The summed E-state index contributed by atoms with van der Waals surface area (Å²) in [6.45, 7) is 0.0800. The van der Waals surface area contributed by atoms with Crippen LogP contribution in [0, 0.1) is 10.1 Å². The van der Waals surface area contributed by atoms with Crippen molar-refractivity contribution in [3.63, 3.8) is 0 Å². The van der Waals surface area contributed by atoms with E-state index in [2.05, 4.69) is 9.79 Å². The molecular weight excluding hydrogens is 346 g/mol. The molecule has 1 fully saturated rings. The first-order chi connectivity index (χ1) is 12.3. The van der Waals surface area contributed by atoms with Gasteiger partial charge < -0.3 is 9.63 Å². The molecule has 0 spiro atoms. The Bertz CT molecular complexity index is 858. The molecule has 1 atom stereocenters. The van der Waals surface area contributed by atoms with E-state index in [1.54, 1.807) is 19.0 Å². The van der Waals surface area contributed by atoms with Gasteiger partial charge in [-0.15, -0.1) is 0 Å². The number of rotatable bonds is 5. The van der Waals surface area contributed by atoms with Crippen molar-refractivity contribution in [2.24, 2.45) is 7.05 Å². The van der Waals surface area contributed by atoms with Gasteiger partial charge in [0.15, 0.2) is 13.0 Å². The molecule has 0 aliphatic carbocycles. The number of benzene rings is 1. The molecule has 11 heteroatoms. The minimum absolute atomic E-state index is 0.0600. The Hall–Kier alpha value is -3.34. The third kappa shape index (κ3) is 2.99. The van der Waals surface area contributed by atoms with E-state index in [1.165, 1.54) is 28.9 Å². The van der Waals surface area contributed by atoms with Crippen LogP contribution in [0.25, 0.3) is 0 Å². The van der Waals surface area contributed by atoms with E-state index in [9.17, 15) is 24.8 Å². The van der Waals surface area contributed by atoms with Crippen molar-refractivity contribution in [1.82, 2.24) is 10.2 Å². The predicted octanol–water partition coefficient (Wildman–Crippen LogP) is -0.755. The molecule has 0 N–H and O–H groups in total. The van der Waals surface area contributed by atoms with Crippen LogP contribution in [0.2, 0.25) is 0 Å². The fraction of sp³-hybridized carbons (Fsp3) is 0.333. The summed E-state index contributed by atoms with van der Waals surface area (Å²) in [5.74, 6) is -1.49. The summed E-state index contributed by atoms with van der Waals surface area (Å²) in [5.41, 5.74) is 0.382. The van der Waals surface area contributed by atoms with Crippen LogP contribution in [-0.4, -0.2) is 40.0 Å². The molecule has 2 heterocycles. The van der Waals surface area contributed by atoms with Crippen LogP contribution in [0.1, 0.15) is 12.1 Å². The number of carbonyl (C=O) groups excluding carboxylic acids is 2. The standard InChI is InChI=1S/C15H15N5O6/c1-17(8-12-15(23)26-16-18(12)2)11-7-13(21)19(14(11)22)9-3-5-10(6-4-9)20(24)25/h3-6,11H,7-8H2,1-2H3. The molecule has 26 heavy (non-hydrogen) atoms. The number of imide groups is 1. The third-order valence-electron chi connectivity index (χ3n) is 4.25. The Balaban J connectivity index is 1.79. The van der Waals surface area contributed by atoms with Gasteiger partial charge in [0.05, 0.1) is 34.9 Å². The van der Waals surface area contributed by atoms with E-state index >= 15 is 0 Å². The van der Waals surface area contributed by atoms with Crippen LogP contribution in [0.15, 0.2) is 28.8 Å². The molecule has 0 bridgehead atoms. The zero-order chi connectivity index (χ0) is 19.0. The van der Waals surface area contributed by atoms with Crippen molar-refractivity contribution in [3.8, 4) is 5.95 Å². The number of nitro benzene ring substituents is 1. The highest BCUT2D eigenvalue weighted by atomic mass is 16.6. The van der Waals surface area contributed by atoms with Crippen molar-refractivity contribution in [2.75, 3.05) is 11.9 Å². The van der Waals surface area contributed by atoms with Gasteiger partial charge in [0.1, 0.15) is 0 Å². The van der Waals surface area contributed by atoms with Crippen LogP contribution < -0.4 is 14.7 Å².